The lowest BCUT2D eigenvalue weighted by Crippen LogP contribution is -2.36. The van der Waals surface area contributed by atoms with E-state index < -0.39 is 6.36 Å². The molecule has 0 radical (unpaired) electrons. The summed E-state index contributed by atoms with van der Waals surface area (Å²) in [5.41, 5.74) is 2.41. The predicted molar refractivity (Wildman–Crippen MR) is 107 cm³/mol. The number of methoxy groups -OCH3 is 1. The highest BCUT2D eigenvalue weighted by atomic mass is 19.4. The Labute approximate surface area is 178 Å². The largest absolute Gasteiger partial charge is 0.573 e. The third-order valence-electron chi connectivity index (χ3n) is 5.72. The van der Waals surface area contributed by atoms with Crippen LogP contribution < -0.4 is 14.2 Å². The minimum absolute atomic E-state index is 0.186. The highest BCUT2D eigenvalue weighted by Gasteiger charge is 2.31. The quantitative estimate of drug-likeness (QED) is 0.655. The van der Waals surface area contributed by atoms with Gasteiger partial charge in [-0.25, -0.2) is 0 Å². The monoisotopic (exact) mass is 435 g/mol. The summed E-state index contributed by atoms with van der Waals surface area (Å²) >= 11 is 0. The first-order chi connectivity index (χ1) is 14.8. The second kappa shape index (κ2) is 8.69. The topological polar surface area (TPSA) is 48.0 Å². The fraction of sp³-hybridized carbons (Fsp3) is 0.435. The number of halogens is 3. The summed E-state index contributed by atoms with van der Waals surface area (Å²) in [6.07, 6.45) is 0.459. The van der Waals surface area contributed by atoms with Crippen LogP contribution in [0.15, 0.2) is 36.4 Å². The fourth-order valence-corrected chi connectivity index (χ4v) is 4.16. The van der Waals surface area contributed by atoms with Gasteiger partial charge in [0.2, 0.25) is 0 Å². The van der Waals surface area contributed by atoms with Crippen molar-refractivity contribution in [2.45, 2.75) is 51.1 Å². The van der Waals surface area contributed by atoms with E-state index in [1.807, 2.05) is 12.1 Å². The number of nitrogens with zero attached hydrogens (tertiary/aromatic N) is 1. The third-order valence-corrected chi connectivity index (χ3v) is 5.72. The lowest BCUT2D eigenvalue weighted by molar-refractivity contribution is -0.274. The zero-order valence-electron chi connectivity index (χ0n) is 17.2. The highest BCUT2D eigenvalue weighted by molar-refractivity contribution is 5.94. The van der Waals surface area contributed by atoms with Crippen molar-refractivity contribution in [3.05, 3.63) is 53.1 Å². The summed E-state index contributed by atoms with van der Waals surface area (Å²) < 4.78 is 52.5. The summed E-state index contributed by atoms with van der Waals surface area (Å²) in [6.45, 7) is 0.915. The predicted octanol–water partition coefficient (Wildman–Crippen LogP) is 5.11. The van der Waals surface area contributed by atoms with E-state index in [-0.39, 0.29) is 17.8 Å². The van der Waals surface area contributed by atoms with Gasteiger partial charge in [-0.15, -0.1) is 13.2 Å². The van der Waals surface area contributed by atoms with Crippen molar-refractivity contribution in [1.82, 2.24) is 4.90 Å². The van der Waals surface area contributed by atoms with Crippen LogP contribution in [0.4, 0.5) is 13.2 Å². The number of alkyl halides is 3. The molecule has 0 N–H and O–H groups in total. The second-order valence-electron chi connectivity index (χ2n) is 7.84. The molecule has 0 bridgehead atoms. The van der Waals surface area contributed by atoms with Gasteiger partial charge in [0.15, 0.2) is 11.5 Å². The van der Waals surface area contributed by atoms with Gasteiger partial charge in [0, 0.05) is 18.7 Å². The number of rotatable bonds is 5. The molecule has 8 heteroatoms. The SMILES string of the molecule is COc1cc2c(cc1OC1CCCC1)CN(C(=O)c1ccc(OC(F)(F)F)cc1)CC2. The van der Waals surface area contributed by atoms with Crippen LogP contribution in [-0.2, 0) is 13.0 Å². The number of hydrogen-bond donors (Lipinski definition) is 0. The zero-order chi connectivity index (χ0) is 22.0. The van der Waals surface area contributed by atoms with Gasteiger partial charge >= 0.3 is 6.36 Å². The van der Waals surface area contributed by atoms with Gasteiger partial charge in [0.1, 0.15) is 5.75 Å². The first-order valence-corrected chi connectivity index (χ1v) is 10.3. The summed E-state index contributed by atoms with van der Waals surface area (Å²) in [7, 11) is 1.62. The standard InChI is InChI=1S/C23H24F3NO4/c1-29-20-12-16-10-11-27(14-17(16)13-21(20)30-18-4-2-3-5-18)22(28)15-6-8-19(9-7-15)31-23(24,25)26/h6-9,12-13,18H,2-5,10-11,14H2,1H3. The van der Waals surface area contributed by atoms with E-state index in [0.717, 1.165) is 48.9 Å². The maximum Gasteiger partial charge on any atom is 0.573 e. The van der Waals surface area contributed by atoms with E-state index in [9.17, 15) is 18.0 Å². The lowest BCUT2D eigenvalue weighted by Gasteiger charge is -2.30. The molecule has 2 aliphatic rings. The Kier molecular flexibility index (Phi) is 5.98. The smallest absolute Gasteiger partial charge is 0.493 e. The molecule has 2 aromatic rings. The normalized spacial score (nSPS) is 16.7. The van der Waals surface area contributed by atoms with Crippen LogP contribution >= 0.6 is 0 Å². The van der Waals surface area contributed by atoms with E-state index >= 15 is 0 Å². The first kappa shape index (κ1) is 21.3. The fourth-order valence-electron chi connectivity index (χ4n) is 4.16. The Morgan fingerprint density at radius 1 is 1.03 bits per heavy atom. The van der Waals surface area contributed by atoms with Crippen molar-refractivity contribution < 1.29 is 32.2 Å². The molecule has 0 aromatic heterocycles. The number of fused-ring (bicyclic) bond motifs is 1. The van der Waals surface area contributed by atoms with Crippen molar-refractivity contribution in [2.75, 3.05) is 13.7 Å². The van der Waals surface area contributed by atoms with Crippen molar-refractivity contribution >= 4 is 5.91 Å². The summed E-state index contributed by atoms with van der Waals surface area (Å²) in [4.78, 5) is 14.6. The molecule has 1 heterocycles. The van der Waals surface area contributed by atoms with Gasteiger partial charge in [-0.3, -0.25) is 4.79 Å². The Bertz CT molecular complexity index is 937. The summed E-state index contributed by atoms with van der Waals surface area (Å²) in [6, 6.07) is 8.92. The van der Waals surface area contributed by atoms with E-state index in [0.29, 0.717) is 36.6 Å². The van der Waals surface area contributed by atoms with Crippen LogP contribution in [0.25, 0.3) is 0 Å². The molecule has 1 amide bonds. The Hall–Kier alpha value is -2.90. The molecular formula is C23H24F3NO4. The minimum Gasteiger partial charge on any atom is -0.493 e. The highest BCUT2D eigenvalue weighted by Crippen LogP contribution is 2.36. The molecule has 0 saturated heterocycles. The summed E-state index contributed by atoms with van der Waals surface area (Å²) in [5.74, 6) is 0.800. The molecule has 4 rings (SSSR count). The van der Waals surface area contributed by atoms with E-state index in [1.54, 1.807) is 12.0 Å². The number of amides is 1. The molecule has 0 atom stereocenters. The van der Waals surface area contributed by atoms with Crippen LogP contribution in [0.2, 0.25) is 0 Å². The van der Waals surface area contributed by atoms with Crippen LogP contribution in [-0.4, -0.2) is 36.9 Å². The average Bonchev–Trinajstić information content (AvgIpc) is 3.25. The number of ether oxygens (including phenoxy) is 3. The van der Waals surface area contributed by atoms with Crippen LogP contribution in [0.1, 0.15) is 47.2 Å². The molecule has 1 aliphatic carbocycles. The second-order valence-corrected chi connectivity index (χ2v) is 7.84. The maximum atomic E-state index is 12.9. The van der Waals surface area contributed by atoms with Crippen LogP contribution in [0.5, 0.6) is 17.2 Å². The van der Waals surface area contributed by atoms with Gasteiger partial charge in [0.25, 0.3) is 5.91 Å². The molecule has 0 unspecified atom stereocenters. The number of carbonyl (C=O) groups is 1. The van der Waals surface area contributed by atoms with Gasteiger partial charge in [-0.2, -0.15) is 0 Å². The van der Waals surface area contributed by atoms with Crippen molar-refractivity contribution in [1.29, 1.82) is 0 Å². The Balaban J connectivity index is 1.49. The lowest BCUT2D eigenvalue weighted by atomic mass is 9.98. The van der Waals surface area contributed by atoms with Crippen molar-refractivity contribution in [2.24, 2.45) is 0 Å². The van der Waals surface area contributed by atoms with Crippen molar-refractivity contribution in [3.8, 4) is 17.2 Å². The molecule has 31 heavy (non-hydrogen) atoms. The minimum atomic E-state index is -4.76. The molecule has 2 aromatic carbocycles. The van der Waals surface area contributed by atoms with E-state index in [1.165, 1.54) is 12.1 Å². The van der Waals surface area contributed by atoms with Gasteiger partial charge in [0.05, 0.1) is 13.2 Å². The first-order valence-electron chi connectivity index (χ1n) is 10.3. The molecule has 0 spiro atoms. The molecule has 1 saturated carbocycles. The molecule has 166 valence electrons. The zero-order valence-corrected chi connectivity index (χ0v) is 17.2. The van der Waals surface area contributed by atoms with Gasteiger partial charge < -0.3 is 19.1 Å². The van der Waals surface area contributed by atoms with Crippen molar-refractivity contribution in [3.63, 3.8) is 0 Å². The van der Waals surface area contributed by atoms with Crippen LogP contribution in [0.3, 0.4) is 0 Å². The summed E-state index contributed by atoms with van der Waals surface area (Å²) in [5, 5.41) is 0. The number of carbonyl (C=O) groups excluding carboxylic acids is 1. The molecule has 5 nitrogen and oxygen atoms in total. The average molecular weight is 435 g/mol. The molecular weight excluding hydrogens is 411 g/mol. The Morgan fingerprint density at radius 3 is 2.35 bits per heavy atom. The van der Waals surface area contributed by atoms with Crippen LogP contribution in [0, 0.1) is 0 Å². The number of benzene rings is 2. The van der Waals surface area contributed by atoms with Gasteiger partial charge in [-0.05, 0) is 79.6 Å². The van der Waals surface area contributed by atoms with Gasteiger partial charge in [-0.1, -0.05) is 0 Å². The van der Waals surface area contributed by atoms with E-state index in [2.05, 4.69) is 4.74 Å². The third kappa shape index (κ3) is 5.06. The van der Waals surface area contributed by atoms with E-state index in [4.69, 9.17) is 9.47 Å². The molecule has 1 fully saturated rings. The Morgan fingerprint density at radius 2 is 1.71 bits per heavy atom. The maximum absolute atomic E-state index is 12.9. The number of hydrogen-bond acceptors (Lipinski definition) is 4. The molecule has 1 aliphatic heterocycles.